The molecule has 5 rings (SSSR count). The molecule has 0 bridgehead atoms. The average Bonchev–Trinajstić information content (AvgIpc) is 3.68. The first-order valence-electron chi connectivity index (χ1n) is 11.5. The summed E-state index contributed by atoms with van der Waals surface area (Å²) in [5, 5.41) is 12.0. The van der Waals surface area contributed by atoms with Gasteiger partial charge in [-0.25, -0.2) is 17.8 Å². The number of fused-ring (bicyclic) bond motifs is 1. The molecule has 0 unspecified atom stereocenters. The van der Waals surface area contributed by atoms with Crippen molar-refractivity contribution in [3.8, 4) is 5.69 Å². The van der Waals surface area contributed by atoms with E-state index < -0.39 is 22.6 Å². The number of rotatable bonds is 7. The summed E-state index contributed by atoms with van der Waals surface area (Å²) in [7, 11) is 5.64. The fraction of sp³-hybridized carbons (Fsp3) is 0.240. The Bertz CT molecular complexity index is 1680. The Labute approximate surface area is 210 Å². The highest BCUT2D eigenvalue weighted by molar-refractivity contribution is 6.32. The van der Waals surface area contributed by atoms with Crippen LogP contribution in [0, 0.1) is 5.82 Å². The van der Waals surface area contributed by atoms with Crippen molar-refractivity contribution >= 4 is 47.5 Å². The zero-order chi connectivity index (χ0) is 25.6. The van der Waals surface area contributed by atoms with Crippen LogP contribution in [0.15, 0.2) is 62.9 Å². The van der Waals surface area contributed by atoms with Crippen LogP contribution in [0.5, 0.6) is 0 Å². The van der Waals surface area contributed by atoms with Crippen molar-refractivity contribution in [1.29, 1.82) is 0 Å². The van der Waals surface area contributed by atoms with Gasteiger partial charge in [-0.2, -0.15) is 0 Å². The number of halogens is 2. The van der Waals surface area contributed by atoms with Crippen LogP contribution in [-0.2, 0) is 6.42 Å². The molecule has 0 saturated heterocycles. The SMILES string of the molecule is [B]c1ccc(Nc2cc(=O)n(Cl)c3c2c(=O)n(C2CC2)c(=O)n3-c2cccc(CCCO)c2)c(F)c1. The maximum Gasteiger partial charge on any atom is 0.337 e. The number of aromatic nitrogens is 3. The summed E-state index contributed by atoms with van der Waals surface area (Å²) in [6.07, 6.45) is 2.42. The van der Waals surface area contributed by atoms with Gasteiger partial charge >= 0.3 is 5.69 Å². The lowest BCUT2D eigenvalue weighted by Crippen LogP contribution is -2.41. The maximum absolute atomic E-state index is 14.6. The summed E-state index contributed by atoms with van der Waals surface area (Å²) < 4.78 is 17.7. The third-order valence-electron chi connectivity index (χ3n) is 6.15. The molecule has 0 atom stereocenters. The van der Waals surface area contributed by atoms with Crippen LogP contribution in [0.25, 0.3) is 16.7 Å². The number of nitrogens with one attached hydrogen (secondary N) is 1. The minimum Gasteiger partial charge on any atom is -0.396 e. The summed E-state index contributed by atoms with van der Waals surface area (Å²) in [4.78, 5) is 40.1. The predicted molar refractivity (Wildman–Crippen MR) is 138 cm³/mol. The molecule has 36 heavy (non-hydrogen) atoms. The van der Waals surface area contributed by atoms with Gasteiger partial charge in [0, 0.05) is 30.5 Å². The Morgan fingerprint density at radius 1 is 1.08 bits per heavy atom. The van der Waals surface area contributed by atoms with Gasteiger partial charge in [-0.1, -0.05) is 23.7 Å². The second-order valence-electron chi connectivity index (χ2n) is 8.76. The Kier molecular flexibility index (Phi) is 6.32. The Balaban J connectivity index is 1.84. The highest BCUT2D eigenvalue weighted by atomic mass is 35.5. The molecule has 0 amide bonds. The molecule has 2 N–H and O–H groups in total. The summed E-state index contributed by atoms with van der Waals surface area (Å²) in [5.41, 5.74) is -0.614. The number of pyridine rings is 1. The number of aliphatic hydroxyl groups is 1. The van der Waals surface area contributed by atoms with E-state index in [0.717, 1.165) is 26.3 Å². The lowest BCUT2D eigenvalue weighted by atomic mass is 9.96. The molecule has 182 valence electrons. The van der Waals surface area contributed by atoms with E-state index in [-0.39, 0.29) is 40.5 Å². The molecule has 4 aromatic rings. The van der Waals surface area contributed by atoms with Gasteiger partial charge in [0.2, 0.25) is 0 Å². The predicted octanol–water partition coefficient (Wildman–Crippen LogP) is 2.25. The lowest BCUT2D eigenvalue weighted by Gasteiger charge is -2.18. The van der Waals surface area contributed by atoms with Crippen molar-refractivity contribution in [3.63, 3.8) is 0 Å². The first-order valence-corrected chi connectivity index (χ1v) is 11.8. The number of benzene rings is 2. The van der Waals surface area contributed by atoms with Gasteiger partial charge in [-0.15, -0.1) is 0 Å². The number of nitrogens with zero attached hydrogens (tertiary/aromatic N) is 3. The minimum atomic E-state index is -0.712. The van der Waals surface area contributed by atoms with E-state index in [2.05, 4.69) is 5.32 Å². The molecule has 2 aromatic heterocycles. The normalized spacial score (nSPS) is 13.3. The maximum atomic E-state index is 14.6. The molecule has 2 aromatic carbocycles. The number of aliphatic hydroxyl groups excluding tert-OH is 1. The molecule has 1 aliphatic rings. The fourth-order valence-corrected chi connectivity index (χ4v) is 4.50. The van der Waals surface area contributed by atoms with Gasteiger partial charge < -0.3 is 10.4 Å². The number of hydrogen-bond acceptors (Lipinski definition) is 5. The molecule has 1 aliphatic carbocycles. The molecular formula is C25H21BClFN4O4. The first kappa shape index (κ1) is 24.1. The van der Waals surface area contributed by atoms with Crippen LogP contribution >= 0.6 is 11.8 Å². The smallest absolute Gasteiger partial charge is 0.337 e. The average molecular weight is 507 g/mol. The summed E-state index contributed by atoms with van der Waals surface area (Å²) in [5.74, 6) is -0.675. The van der Waals surface area contributed by atoms with Gasteiger partial charge in [0.15, 0.2) is 5.65 Å². The monoisotopic (exact) mass is 506 g/mol. The molecule has 0 aliphatic heterocycles. The lowest BCUT2D eigenvalue weighted by molar-refractivity contribution is 0.288. The van der Waals surface area contributed by atoms with Crippen molar-refractivity contribution in [2.45, 2.75) is 31.7 Å². The van der Waals surface area contributed by atoms with Gasteiger partial charge in [0.1, 0.15) is 19.0 Å². The second-order valence-corrected chi connectivity index (χ2v) is 9.10. The van der Waals surface area contributed by atoms with Crippen molar-refractivity contribution in [2.24, 2.45) is 0 Å². The van der Waals surface area contributed by atoms with Crippen LogP contribution in [-0.4, -0.2) is 32.8 Å². The Hall–Kier alpha value is -3.63. The van der Waals surface area contributed by atoms with Crippen LogP contribution in [0.2, 0.25) is 0 Å². The highest BCUT2D eigenvalue weighted by Crippen LogP contribution is 2.33. The molecule has 2 radical (unpaired) electrons. The fourth-order valence-electron chi connectivity index (χ4n) is 4.29. The van der Waals surface area contributed by atoms with Crippen molar-refractivity contribution in [2.75, 3.05) is 11.9 Å². The minimum absolute atomic E-state index is 0.00153. The van der Waals surface area contributed by atoms with E-state index in [9.17, 15) is 23.9 Å². The number of aryl methyl sites for hydroxylation is 1. The standard InChI is InChI=1S/C25H21BClFN4O4/c26-15-6-9-19(18(28)12-15)29-20-13-21(34)32(27)23-22(20)24(35)31(16-7-8-16)25(36)30(23)17-5-1-3-14(11-17)4-2-10-33/h1,3,5-6,9,11-13,16,29,33H,2,4,7-8,10H2. The van der Waals surface area contributed by atoms with Gasteiger partial charge in [-0.05, 0) is 55.5 Å². The van der Waals surface area contributed by atoms with E-state index in [4.69, 9.17) is 19.6 Å². The van der Waals surface area contributed by atoms with E-state index in [1.54, 1.807) is 18.2 Å². The third-order valence-corrected chi connectivity index (χ3v) is 6.48. The first-order chi connectivity index (χ1) is 17.3. The van der Waals surface area contributed by atoms with Gasteiger partial charge in [0.25, 0.3) is 11.1 Å². The topological polar surface area (TPSA) is 98.3 Å². The van der Waals surface area contributed by atoms with E-state index >= 15 is 0 Å². The van der Waals surface area contributed by atoms with Gasteiger partial charge in [0.05, 0.1) is 17.1 Å². The Morgan fingerprint density at radius 2 is 1.86 bits per heavy atom. The zero-order valence-electron chi connectivity index (χ0n) is 19.1. The molecule has 11 heteroatoms. The van der Waals surface area contributed by atoms with E-state index in [0.29, 0.717) is 31.4 Å². The van der Waals surface area contributed by atoms with E-state index in [1.165, 1.54) is 16.7 Å². The zero-order valence-corrected chi connectivity index (χ0v) is 19.8. The molecule has 8 nitrogen and oxygen atoms in total. The largest absolute Gasteiger partial charge is 0.396 e. The van der Waals surface area contributed by atoms with Crippen LogP contribution in [0.1, 0.15) is 30.9 Å². The Morgan fingerprint density at radius 3 is 2.56 bits per heavy atom. The van der Waals surface area contributed by atoms with Crippen LogP contribution < -0.4 is 27.6 Å². The third kappa shape index (κ3) is 4.27. The second kappa shape index (κ2) is 9.44. The van der Waals surface area contributed by atoms with Crippen molar-refractivity contribution < 1.29 is 9.50 Å². The van der Waals surface area contributed by atoms with Crippen molar-refractivity contribution in [1.82, 2.24) is 13.2 Å². The molecule has 1 fully saturated rings. The summed E-state index contributed by atoms with van der Waals surface area (Å²) in [6.45, 7) is 0.0115. The molecule has 1 saturated carbocycles. The number of anilines is 2. The summed E-state index contributed by atoms with van der Waals surface area (Å²) in [6, 6.07) is 11.8. The van der Waals surface area contributed by atoms with Crippen LogP contribution in [0.3, 0.4) is 0 Å². The highest BCUT2D eigenvalue weighted by Gasteiger charge is 2.31. The van der Waals surface area contributed by atoms with Gasteiger partial charge in [-0.3, -0.25) is 14.2 Å². The summed E-state index contributed by atoms with van der Waals surface area (Å²) >= 11 is 6.37. The quantitative estimate of drug-likeness (QED) is 0.375. The van der Waals surface area contributed by atoms with E-state index in [1.807, 2.05) is 6.07 Å². The molecular weight excluding hydrogens is 486 g/mol. The van der Waals surface area contributed by atoms with Crippen LogP contribution in [0.4, 0.5) is 15.8 Å². The molecule has 0 spiro atoms. The number of hydrogen-bond donors (Lipinski definition) is 2. The van der Waals surface area contributed by atoms with Crippen molar-refractivity contribution in [3.05, 3.63) is 91.1 Å². The molecule has 2 heterocycles.